The number of furan rings is 1. The normalized spacial score (nSPS) is 17.3. The van der Waals surface area contributed by atoms with Gasteiger partial charge in [0.05, 0.1) is 5.52 Å². The number of anilines is 3. The topological polar surface area (TPSA) is 21.3 Å². The van der Waals surface area contributed by atoms with E-state index in [-0.39, 0.29) is 23.1 Å². The van der Waals surface area contributed by atoms with Crippen molar-refractivity contribution in [1.82, 2.24) is 4.48 Å². The molecule has 0 amide bonds. The second-order valence-corrected chi connectivity index (χ2v) is 20.2. The molecule has 2 aromatic heterocycles. The van der Waals surface area contributed by atoms with Crippen LogP contribution in [0, 0.1) is 6.92 Å². The number of aryl methyl sites for hydroxylation is 2. The van der Waals surface area contributed by atoms with Gasteiger partial charge in [-0.1, -0.05) is 128 Å². The molecule has 2 aliphatic carbocycles. The lowest BCUT2D eigenvalue weighted by Crippen LogP contribution is -2.57. The molecule has 0 radical (unpaired) electrons. The molecule has 4 heterocycles. The van der Waals surface area contributed by atoms with Gasteiger partial charge in [-0.3, -0.25) is 0 Å². The highest BCUT2D eigenvalue weighted by atomic mass is 16.3. The molecule has 0 bridgehead atoms. The highest BCUT2D eigenvalue weighted by molar-refractivity contribution is 6.90. The van der Waals surface area contributed by atoms with Crippen LogP contribution in [-0.2, 0) is 22.7 Å². The van der Waals surface area contributed by atoms with Gasteiger partial charge in [0.15, 0.2) is 5.58 Å². The molecule has 0 fully saturated rings. The largest absolute Gasteiger partial charge is 0.454 e. The Kier molecular flexibility index (Phi) is 7.12. The lowest BCUT2D eigenvalue weighted by Gasteiger charge is -2.45. The van der Waals surface area contributed by atoms with Gasteiger partial charge in [-0.05, 0) is 141 Å². The summed E-state index contributed by atoms with van der Waals surface area (Å²) in [5, 5.41) is 2.38. The monoisotopic (exact) mass is 768 g/mol. The van der Waals surface area contributed by atoms with Crippen LogP contribution in [0.4, 0.5) is 17.1 Å². The van der Waals surface area contributed by atoms with Crippen LogP contribution >= 0.6 is 0 Å². The van der Waals surface area contributed by atoms with Crippen LogP contribution in [0.2, 0.25) is 0 Å². The molecule has 8 aromatic rings. The molecule has 4 heteroatoms. The summed E-state index contributed by atoms with van der Waals surface area (Å²) in [4.78, 5) is 2.72. The average molecular weight is 769 g/mol. The average Bonchev–Trinajstić information content (AvgIpc) is 3.83. The lowest BCUT2D eigenvalue weighted by atomic mass is 9.44. The van der Waals surface area contributed by atoms with E-state index in [0.717, 1.165) is 17.6 Å². The minimum atomic E-state index is -0.133. The van der Waals surface area contributed by atoms with Crippen molar-refractivity contribution in [3.8, 4) is 22.3 Å². The first-order valence-corrected chi connectivity index (χ1v) is 22.2. The number of unbranched alkanes of at least 4 members (excludes halogenated alkanes) is 2. The van der Waals surface area contributed by atoms with E-state index < -0.39 is 0 Å². The van der Waals surface area contributed by atoms with Crippen LogP contribution in [0.25, 0.3) is 55.2 Å². The van der Waals surface area contributed by atoms with E-state index in [1.807, 2.05) is 0 Å². The van der Waals surface area contributed by atoms with Crippen molar-refractivity contribution in [3.05, 3.63) is 137 Å². The van der Waals surface area contributed by atoms with Gasteiger partial charge in [-0.15, -0.1) is 0 Å². The molecule has 3 nitrogen and oxygen atoms in total. The molecule has 0 saturated carbocycles. The van der Waals surface area contributed by atoms with Gasteiger partial charge < -0.3 is 13.8 Å². The van der Waals surface area contributed by atoms with E-state index in [1.54, 1.807) is 0 Å². The number of hydrogen-bond acceptors (Lipinski definition) is 2. The SMILES string of the molecule is CCCCCc1cc2c3c(c1)N(c1cc4c(cc1C)C(C)(C)CCC4(C)C)c1cc4c(cc1B3n1c3c-2cccc3c2oc3ccccc3c21)C(C)(C)c1ccccc1-4. The van der Waals surface area contributed by atoms with Crippen molar-refractivity contribution in [2.75, 3.05) is 4.90 Å². The van der Waals surface area contributed by atoms with E-state index >= 15 is 0 Å². The predicted octanol–water partition coefficient (Wildman–Crippen LogP) is 13.7. The Morgan fingerprint density at radius 1 is 0.610 bits per heavy atom. The highest BCUT2D eigenvalue weighted by Gasteiger charge is 2.47. The fourth-order valence-electron chi connectivity index (χ4n) is 12.1. The Hall–Kier alpha value is -5.48. The van der Waals surface area contributed by atoms with Crippen molar-refractivity contribution >= 4 is 67.8 Å². The predicted molar refractivity (Wildman–Crippen MR) is 251 cm³/mol. The Balaban J connectivity index is 1.24. The number of aromatic nitrogens is 1. The van der Waals surface area contributed by atoms with Gasteiger partial charge in [-0.25, -0.2) is 0 Å². The summed E-state index contributed by atoms with van der Waals surface area (Å²) in [5.74, 6) is 0. The van der Waals surface area contributed by atoms with Gasteiger partial charge in [0, 0.05) is 44.3 Å². The van der Waals surface area contributed by atoms with Crippen molar-refractivity contribution in [3.63, 3.8) is 0 Å². The third-order valence-corrected chi connectivity index (χ3v) is 15.4. The summed E-state index contributed by atoms with van der Waals surface area (Å²) in [7, 11) is 0. The summed E-state index contributed by atoms with van der Waals surface area (Å²) in [6.07, 6.45) is 7.10. The van der Waals surface area contributed by atoms with E-state index in [9.17, 15) is 0 Å². The molecule has 0 N–H and O–H groups in total. The molecule has 0 spiro atoms. The number of rotatable bonds is 5. The molecule has 4 aliphatic rings. The van der Waals surface area contributed by atoms with Gasteiger partial charge >= 0.3 is 6.85 Å². The number of hydrogen-bond donors (Lipinski definition) is 0. The third-order valence-electron chi connectivity index (χ3n) is 15.4. The van der Waals surface area contributed by atoms with E-state index in [4.69, 9.17) is 4.42 Å². The zero-order valence-corrected chi connectivity index (χ0v) is 35.9. The van der Waals surface area contributed by atoms with Crippen LogP contribution < -0.4 is 15.8 Å². The molecular weight excluding hydrogens is 715 g/mol. The minimum Gasteiger partial charge on any atom is -0.454 e. The molecule has 2 aliphatic heterocycles. The standard InChI is InChI=1S/C55H53BN2O/c1-9-10-11-17-33-27-39-35-20-16-21-37-50(35)58(51-36-19-13-15-23-48(36)59-52(37)51)56-44-30-41-38(34-18-12-14-22-40(34)55(41,7)8)29-46(44)57(47(28-33)49(39)56)45-31-43-42(26-32(45)2)53(3,4)24-25-54(43,5)6/h12-16,18-23,26-31H,9-11,17,24-25H2,1-8H3. The Morgan fingerprint density at radius 2 is 1.34 bits per heavy atom. The van der Waals surface area contributed by atoms with Crippen molar-refractivity contribution in [2.24, 2.45) is 0 Å². The molecule has 59 heavy (non-hydrogen) atoms. The smallest absolute Gasteiger partial charge is 0.333 e. The Morgan fingerprint density at radius 3 is 2.15 bits per heavy atom. The first kappa shape index (κ1) is 35.5. The molecule has 0 atom stereocenters. The van der Waals surface area contributed by atoms with Crippen molar-refractivity contribution in [2.45, 2.75) is 110 Å². The molecule has 12 rings (SSSR count). The fraction of sp³-hybridized carbons (Fsp3) is 0.309. The quantitative estimate of drug-likeness (QED) is 0.128. The zero-order valence-electron chi connectivity index (χ0n) is 35.9. The van der Waals surface area contributed by atoms with E-state index in [0.29, 0.717) is 0 Å². The van der Waals surface area contributed by atoms with Crippen LogP contribution in [0.1, 0.15) is 114 Å². The van der Waals surface area contributed by atoms with Crippen LogP contribution in [0.5, 0.6) is 0 Å². The molecule has 0 unspecified atom stereocenters. The Labute approximate surface area is 349 Å². The minimum absolute atomic E-state index is 0.0371. The number of para-hydroxylation sites is 2. The maximum Gasteiger partial charge on any atom is 0.333 e. The van der Waals surface area contributed by atoms with Gasteiger partial charge in [-0.2, -0.15) is 0 Å². The van der Waals surface area contributed by atoms with Crippen LogP contribution in [0.3, 0.4) is 0 Å². The number of fused-ring (bicyclic) bond motifs is 13. The molecule has 0 saturated heterocycles. The second-order valence-electron chi connectivity index (χ2n) is 20.2. The molecule has 6 aromatic carbocycles. The third kappa shape index (κ3) is 4.61. The molecule has 292 valence electrons. The van der Waals surface area contributed by atoms with Crippen molar-refractivity contribution < 1.29 is 4.42 Å². The summed E-state index contributed by atoms with van der Waals surface area (Å²) in [6, 6.07) is 40.3. The Bertz CT molecular complexity index is 3130. The first-order chi connectivity index (χ1) is 28.4. The van der Waals surface area contributed by atoms with Gasteiger partial charge in [0.2, 0.25) is 0 Å². The second kappa shape index (κ2) is 11.8. The van der Waals surface area contributed by atoms with Crippen LogP contribution in [-0.4, -0.2) is 11.3 Å². The number of nitrogens with zero attached hydrogens (tertiary/aromatic N) is 2. The summed E-state index contributed by atoms with van der Waals surface area (Å²) in [6.45, 7) is 19.3. The van der Waals surface area contributed by atoms with Gasteiger partial charge in [0.25, 0.3) is 0 Å². The zero-order chi connectivity index (χ0) is 40.3. The van der Waals surface area contributed by atoms with Crippen molar-refractivity contribution in [1.29, 1.82) is 0 Å². The first-order valence-electron chi connectivity index (χ1n) is 22.2. The lowest BCUT2D eigenvalue weighted by molar-refractivity contribution is 0.332. The van der Waals surface area contributed by atoms with E-state index in [1.165, 1.54) is 138 Å². The maximum atomic E-state index is 6.86. The summed E-state index contributed by atoms with van der Waals surface area (Å²) < 4.78 is 9.55. The summed E-state index contributed by atoms with van der Waals surface area (Å²) >= 11 is 0. The highest BCUT2D eigenvalue weighted by Crippen LogP contribution is 2.55. The van der Waals surface area contributed by atoms with Gasteiger partial charge in [0.1, 0.15) is 5.58 Å². The van der Waals surface area contributed by atoms with E-state index in [2.05, 4.69) is 168 Å². The maximum absolute atomic E-state index is 6.86. The van der Waals surface area contributed by atoms with Crippen LogP contribution in [0.15, 0.2) is 108 Å². The molecular formula is C55H53BN2O. The fourth-order valence-corrected chi connectivity index (χ4v) is 12.1. The summed E-state index contributed by atoms with van der Waals surface area (Å²) in [5.41, 5.74) is 25.2. The number of benzene rings is 6.